The van der Waals surface area contributed by atoms with Gasteiger partial charge in [-0.05, 0) is 56.2 Å². The van der Waals surface area contributed by atoms with Gasteiger partial charge in [0, 0.05) is 31.7 Å². The predicted molar refractivity (Wildman–Crippen MR) is 154 cm³/mol. The zero-order valence-corrected chi connectivity index (χ0v) is 24.5. The highest BCUT2D eigenvalue weighted by Gasteiger charge is 2.60. The van der Waals surface area contributed by atoms with Crippen molar-refractivity contribution < 1.29 is 27.1 Å². The summed E-state index contributed by atoms with van der Waals surface area (Å²) in [5.41, 5.74) is 0.560. The van der Waals surface area contributed by atoms with E-state index in [1.165, 1.54) is 30.1 Å². The Balaban J connectivity index is 1.19. The molecule has 0 radical (unpaired) electrons. The van der Waals surface area contributed by atoms with E-state index in [0.717, 1.165) is 24.7 Å². The van der Waals surface area contributed by atoms with Crippen LogP contribution < -0.4 is 14.5 Å². The van der Waals surface area contributed by atoms with Crippen molar-refractivity contribution in [3.63, 3.8) is 0 Å². The number of methoxy groups -OCH3 is 1. The molecule has 45 heavy (non-hydrogen) atoms. The lowest BCUT2D eigenvalue weighted by molar-refractivity contribution is -0.140. The van der Waals surface area contributed by atoms with E-state index in [4.69, 9.17) is 9.72 Å². The van der Waals surface area contributed by atoms with Crippen LogP contribution in [-0.4, -0.2) is 55.1 Å². The van der Waals surface area contributed by atoms with E-state index in [2.05, 4.69) is 19.9 Å². The van der Waals surface area contributed by atoms with Crippen molar-refractivity contribution in [1.82, 2.24) is 29.5 Å². The predicted octanol–water partition coefficient (Wildman–Crippen LogP) is 5.69. The van der Waals surface area contributed by atoms with Gasteiger partial charge in [0.15, 0.2) is 17.3 Å². The van der Waals surface area contributed by atoms with Crippen LogP contribution in [0.2, 0.25) is 0 Å². The van der Waals surface area contributed by atoms with Crippen molar-refractivity contribution in [3.8, 4) is 28.7 Å². The van der Waals surface area contributed by atoms with Gasteiger partial charge in [0.05, 0.1) is 24.6 Å². The molecule has 4 aliphatic rings. The average Bonchev–Trinajstić information content (AvgIpc) is 3.90. The quantitative estimate of drug-likeness (QED) is 0.243. The summed E-state index contributed by atoms with van der Waals surface area (Å²) in [6.45, 7) is 0.142. The number of ether oxygens (including phenoxy) is 1. The highest BCUT2D eigenvalue weighted by molar-refractivity contribution is 6.09. The number of hydrogen-bond acceptors (Lipinski definition) is 8. The molecule has 3 saturated carbocycles. The molecular formula is C31H28F4N8O2. The first kappa shape index (κ1) is 27.9. The third-order valence-electron chi connectivity index (χ3n) is 9.11. The molecule has 232 valence electrons. The Morgan fingerprint density at radius 1 is 1.07 bits per heavy atom. The van der Waals surface area contributed by atoms with Crippen molar-refractivity contribution >= 4 is 17.4 Å². The third-order valence-corrected chi connectivity index (χ3v) is 9.11. The fourth-order valence-electron chi connectivity index (χ4n) is 6.29. The number of aromatic nitrogens is 6. The number of carbonyl (C=O) groups is 1. The molecule has 0 saturated heterocycles. The highest BCUT2D eigenvalue weighted by Crippen LogP contribution is 2.53. The molecule has 1 spiro atoms. The van der Waals surface area contributed by atoms with Crippen LogP contribution in [0.1, 0.15) is 67.4 Å². The second-order valence-electron chi connectivity index (χ2n) is 12.2. The summed E-state index contributed by atoms with van der Waals surface area (Å²) in [4.78, 5) is 39.2. The molecule has 3 aromatic heterocycles. The summed E-state index contributed by atoms with van der Waals surface area (Å²) in [7, 11) is 3.22. The van der Waals surface area contributed by atoms with Gasteiger partial charge in [0.2, 0.25) is 5.88 Å². The van der Waals surface area contributed by atoms with Gasteiger partial charge < -0.3 is 19.1 Å². The van der Waals surface area contributed by atoms with Gasteiger partial charge in [-0.15, -0.1) is 0 Å². The summed E-state index contributed by atoms with van der Waals surface area (Å²) in [6.07, 6.45) is 3.99. The Morgan fingerprint density at radius 2 is 1.84 bits per heavy atom. The van der Waals surface area contributed by atoms with Gasteiger partial charge in [-0.3, -0.25) is 4.79 Å². The molecule has 1 aliphatic heterocycles. The topological polar surface area (TPSA) is 102 Å². The minimum Gasteiger partial charge on any atom is -0.480 e. The molecule has 0 unspecified atom stereocenters. The second kappa shape index (κ2) is 9.69. The number of nitrogens with zero attached hydrogens (tertiary/aromatic N) is 8. The van der Waals surface area contributed by atoms with Gasteiger partial charge in [-0.25, -0.2) is 29.3 Å². The Bertz CT molecular complexity index is 1860. The molecule has 4 aromatic rings. The monoisotopic (exact) mass is 620 g/mol. The number of benzene rings is 1. The number of fused-ring (bicyclic) bond motifs is 1. The van der Waals surface area contributed by atoms with Crippen molar-refractivity contribution in [2.75, 3.05) is 24.0 Å². The zero-order chi connectivity index (χ0) is 31.2. The van der Waals surface area contributed by atoms with Gasteiger partial charge in [-0.1, -0.05) is 6.07 Å². The number of likely N-dealkylation sites (N-methyl/N-ethyl adjacent to an activating group) is 1. The highest BCUT2D eigenvalue weighted by atomic mass is 19.4. The van der Waals surface area contributed by atoms with Gasteiger partial charge >= 0.3 is 6.18 Å². The van der Waals surface area contributed by atoms with Crippen LogP contribution >= 0.6 is 0 Å². The van der Waals surface area contributed by atoms with Crippen molar-refractivity contribution in [2.45, 2.75) is 68.7 Å². The SMILES string of the molecule is COc1ncnc(C2CC2)c1-c1ncc2c(n1)N(Cc1ccc(-c3nc(C(F)(F)F)cn3C3CC3)c(F)c1)C1(CC1)C(=O)N2C. The number of imidazole rings is 1. The maximum absolute atomic E-state index is 15.7. The molecule has 1 amide bonds. The lowest BCUT2D eigenvalue weighted by Gasteiger charge is -2.41. The molecule has 0 atom stereocenters. The van der Waals surface area contributed by atoms with Crippen LogP contribution in [0, 0.1) is 5.82 Å². The number of anilines is 2. The molecule has 10 nitrogen and oxygen atoms in total. The molecule has 8 rings (SSSR count). The summed E-state index contributed by atoms with van der Waals surface area (Å²) < 4.78 is 63.1. The average molecular weight is 621 g/mol. The lowest BCUT2D eigenvalue weighted by atomic mass is 10.0. The fourth-order valence-corrected chi connectivity index (χ4v) is 6.29. The van der Waals surface area contributed by atoms with E-state index in [-0.39, 0.29) is 35.8 Å². The molecule has 14 heteroatoms. The maximum atomic E-state index is 15.7. The summed E-state index contributed by atoms with van der Waals surface area (Å²) >= 11 is 0. The first-order chi connectivity index (χ1) is 21.6. The molecule has 3 aliphatic carbocycles. The number of amides is 1. The number of alkyl halides is 3. The molecule has 0 N–H and O–H groups in total. The van der Waals surface area contributed by atoms with Crippen LogP contribution in [0.5, 0.6) is 5.88 Å². The largest absolute Gasteiger partial charge is 0.480 e. The summed E-state index contributed by atoms with van der Waals surface area (Å²) in [5, 5.41) is 0. The first-order valence-electron chi connectivity index (χ1n) is 14.9. The Labute approximate surface area is 255 Å². The number of rotatable bonds is 7. The van der Waals surface area contributed by atoms with E-state index in [0.29, 0.717) is 60.0 Å². The van der Waals surface area contributed by atoms with Gasteiger partial charge in [-0.2, -0.15) is 13.2 Å². The third kappa shape index (κ3) is 4.52. The van der Waals surface area contributed by atoms with Crippen LogP contribution in [0.25, 0.3) is 22.8 Å². The van der Waals surface area contributed by atoms with E-state index in [1.807, 2.05) is 4.90 Å². The zero-order valence-electron chi connectivity index (χ0n) is 24.5. The fraction of sp³-hybridized carbons (Fsp3) is 0.419. The molecule has 1 aromatic carbocycles. The second-order valence-corrected chi connectivity index (χ2v) is 12.2. The smallest absolute Gasteiger partial charge is 0.434 e. The molecular weight excluding hydrogens is 592 g/mol. The van der Waals surface area contributed by atoms with Crippen LogP contribution in [-0.2, 0) is 17.5 Å². The van der Waals surface area contributed by atoms with Crippen LogP contribution in [0.3, 0.4) is 0 Å². The summed E-state index contributed by atoms with van der Waals surface area (Å²) in [5.74, 6) is 0.653. The van der Waals surface area contributed by atoms with Gasteiger partial charge in [0.25, 0.3) is 5.91 Å². The van der Waals surface area contributed by atoms with Crippen molar-refractivity contribution in [1.29, 1.82) is 0 Å². The first-order valence-corrected chi connectivity index (χ1v) is 14.9. The minimum absolute atomic E-state index is 0.00877. The Morgan fingerprint density at radius 3 is 2.49 bits per heavy atom. The Hall–Kier alpha value is -4.62. The molecule has 3 fully saturated rings. The number of halogens is 4. The number of carbonyl (C=O) groups excluding carboxylic acids is 1. The van der Waals surface area contributed by atoms with E-state index in [1.54, 1.807) is 24.2 Å². The van der Waals surface area contributed by atoms with E-state index < -0.39 is 23.2 Å². The molecule has 0 bridgehead atoms. The molecule has 4 heterocycles. The Kier molecular flexibility index (Phi) is 6.01. The van der Waals surface area contributed by atoms with Crippen molar-refractivity contribution in [3.05, 3.63) is 59.7 Å². The van der Waals surface area contributed by atoms with E-state index in [9.17, 15) is 18.0 Å². The maximum Gasteiger partial charge on any atom is 0.434 e. The van der Waals surface area contributed by atoms with Crippen molar-refractivity contribution in [2.24, 2.45) is 0 Å². The normalized spacial score (nSPS) is 18.8. The minimum atomic E-state index is -4.64. The summed E-state index contributed by atoms with van der Waals surface area (Å²) in [6, 6.07) is 4.30. The van der Waals surface area contributed by atoms with E-state index >= 15 is 4.39 Å². The van der Waals surface area contributed by atoms with Gasteiger partial charge in [0.1, 0.15) is 34.8 Å². The van der Waals surface area contributed by atoms with Crippen LogP contribution in [0.15, 0.2) is 36.9 Å². The lowest BCUT2D eigenvalue weighted by Crippen LogP contribution is -2.54. The number of hydrogen-bond donors (Lipinski definition) is 0. The standard InChI is InChI=1S/C31H28F4N8O2/c1-41-21-12-36-25(23-24(17-4-5-17)37-15-38-28(23)45-2)40-27(21)43(30(9-10-30)29(41)44)13-16-3-8-19(20(32)11-16)26-39-22(31(33,34)35)14-42(26)18-6-7-18/h3,8,11-12,14-15,17-18H,4-7,9-10,13H2,1-2H3. The van der Waals surface area contributed by atoms with Crippen LogP contribution in [0.4, 0.5) is 29.1 Å².